The van der Waals surface area contributed by atoms with Crippen molar-refractivity contribution in [2.75, 3.05) is 24.7 Å². The van der Waals surface area contributed by atoms with Crippen LogP contribution in [0.3, 0.4) is 0 Å². The van der Waals surface area contributed by atoms with E-state index in [9.17, 15) is 9.59 Å². The lowest BCUT2D eigenvalue weighted by Crippen LogP contribution is -2.53. The lowest BCUT2D eigenvalue weighted by Gasteiger charge is -2.27. The Bertz CT molecular complexity index is 311. The predicted octanol–water partition coefficient (Wildman–Crippen LogP) is 0.198. The molecule has 7 heteroatoms. The predicted molar refractivity (Wildman–Crippen MR) is 74.9 cm³/mol. The van der Waals surface area contributed by atoms with Gasteiger partial charge in [0.2, 0.25) is 11.8 Å². The molecule has 2 rings (SSSR count). The minimum absolute atomic E-state index is 0. The number of nitrogens with zero attached hydrogens (tertiary/aromatic N) is 1. The molecule has 0 aliphatic carbocycles. The summed E-state index contributed by atoms with van der Waals surface area (Å²) in [6, 6.07) is -0.0601. The molecule has 18 heavy (non-hydrogen) atoms. The van der Waals surface area contributed by atoms with Crippen molar-refractivity contribution in [1.29, 1.82) is 0 Å². The van der Waals surface area contributed by atoms with Gasteiger partial charge in [-0.2, -0.15) is 0 Å². The molecule has 2 atom stereocenters. The number of carbonyl (C=O) groups excluding carboxylic acids is 2. The standard InChI is InChI=1S/C11H19N3O2S.ClH/c1-8(15)14-7-17-6-10(14)11(16)13-9-3-2-4-12-5-9;/h9-10,12H,2-7H2,1H3,(H,13,16);1H/t9-,10?;/m0./s1. The van der Waals surface area contributed by atoms with Crippen LogP contribution in [-0.2, 0) is 9.59 Å². The number of amides is 2. The van der Waals surface area contributed by atoms with E-state index < -0.39 is 0 Å². The number of thioether (sulfide) groups is 1. The Morgan fingerprint density at radius 1 is 1.44 bits per heavy atom. The van der Waals surface area contributed by atoms with E-state index in [1.54, 1.807) is 16.7 Å². The van der Waals surface area contributed by atoms with E-state index in [2.05, 4.69) is 10.6 Å². The van der Waals surface area contributed by atoms with Gasteiger partial charge in [0.25, 0.3) is 0 Å². The average Bonchev–Trinajstić information content (AvgIpc) is 2.79. The van der Waals surface area contributed by atoms with Gasteiger partial charge >= 0.3 is 0 Å². The van der Waals surface area contributed by atoms with Crippen LogP contribution >= 0.6 is 24.2 Å². The molecule has 0 aromatic carbocycles. The number of halogens is 1. The van der Waals surface area contributed by atoms with E-state index in [1.165, 1.54) is 6.92 Å². The second kappa shape index (κ2) is 7.21. The van der Waals surface area contributed by atoms with Crippen molar-refractivity contribution >= 4 is 36.0 Å². The molecule has 0 saturated carbocycles. The maximum atomic E-state index is 12.1. The van der Waals surface area contributed by atoms with Gasteiger partial charge in [-0.15, -0.1) is 24.2 Å². The summed E-state index contributed by atoms with van der Waals surface area (Å²) >= 11 is 1.64. The van der Waals surface area contributed by atoms with E-state index in [1.807, 2.05) is 0 Å². The molecule has 2 heterocycles. The Kier molecular flexibility index (Phi) is 6.25. The molecule has 2 saturated heterocycles. The van der Waals surface area contributed by atoms with Crippen LogP contribution < -0.4 is 10.6 Å². The van der Waals surface area contributed by atoms with Crippen molar-refractivity contribution < 1.29 is 9.59 Å². The summed E-state index contributed by atoms with van der Waals surface area (Å²) < 4.78 is 0. The van der Waals surface area contributed by atoms with Crippen LogP contribution in [0, 0.1) is 0 Å². The number of rotatable bonds is 2. The molecule has 2 aliphatic rings. The van der Waals surface area contributed by atoms with E-state index in [0.717, 1.165) is 25.9 Å². The molecule has 0 bridgehead atoms. The fraction of sp³-hybridized carbons (Fsp3) is 0.818. The Morgan fingerprint density at radius 2 is 2.22 bits per heavy atom. The molecule has 5 nitrogen and oxygen atoms in total. The number of carbonyl (C=O) groups is 2. The molecular weight excluding hydrogens is 274 g/mol. The first kappa shape index (κ1) is 15.6. The topological polar surface area (TPSA) is 61.4 Å². The zero-order valence-corrected chi connectivity index (χ0v) is 12.1. The second-order valence-corrected chi connectivity index (χ2v) is 5.56. The molecule has 0 spiro atoms. The highest BCUT2D eigenvalue weighted by molar-refractivity contribution is 7.99. The molecule has 1 unspecified atom stereocenters. The summed E-state index contributed by atoms with van der Waals surface area (Å²) in [7, 11) is 0. The van der Waals surface area contributed by atoms with Crippen LogP contribution in [0.2, 0.25) is 0 Å². The van der Waals surface area contributed by atoms with E-state index in [-0.39, 0.29) is 36.3 Å². The minimum Gasteiger partial charge on any atom is -0.350 e. The lowest BCUT2D eigenvalue weighted by atomic mass is 10.1. The van der Waals surface area contributed by atoms with E-state index in [4.69, 9.17) is 0 Å². The zero-order chi connectivity index (χ0) is 12.3. The second-order valence-electron chi connectivity index (χ2n) is 4.56. The van der Waals surface area contributed by atoms with E-state index >= 15 is 0 Å². The number of hydrogen-bond acceptors (Lipinski definition) is 4. The quantitative estimate of drug-likeness (QED) is 0.763. The van der Waals surface area contributed by atoms with Crippen LogP contribution in [0.4, 0.5) is 0 Å². The molecule has 2 N–H and O–H groups in total. The van der Waals surface area contributed by atoms with Crippen molar-refractivity contribution in [3.8, 4) is 0 Å². The number of nitrogens with one attached hydrogen (secondary N) is 2. The minimum atomic E-state index is -0.278. The third-order valence-electron chi connectivity index (χ3n) is 3.23. The first-order valence-corrected chi connectivity index (χ1v) is 7.20. The van der Waals surface area contributed by atoms with Crippen molar-refractivity contribution in [2.45, 2.75) is 31.8 Å². The molecule has 0 radical (unpaired) electrons. The Labute approximate surface area is 118 Å². The highest BCUT2D eigenvalue weighted by Gasteiger charge is 2.33. The highest BCUT2D eigenvalue weighted by Crippen LogP contribution is 2.21. The zero-order valence-electron chi connectivity index (χ0n) is 10.5. The van der Waals surface area contributed by atoms with Crippen molar-refractivity contribution in [3.05, 3.63) is 0 Å². The van der Waals surface area contributed by atoms with Gasteiger partial charge in [0.05, 0.1) is 5.88 Å². The molecule has 2 aliphatic heterocycles. The van der Waals surface area contributed by atoms with Gasteiger partial charge in [-0.25, -0.2) is 0 Å². The Morgan fingerprint density at radius 3 is 2.83 bits per heavy atom. The molecule has 2 amide bonds. The molecule has 104 valence electrons. The van der Waals surface area contributed by atoms with Crippen LogP contribution in [0.1, 0.15) is 19.8 Å². The summed E-state index contributed by atoms with van der Waals surface area (Å²) in [5, 5.41) is 6.30. The van der Waals surface area contributed by atoms with Crippen molar-refractivity contribution in [3.63, 3.8) is 0 Å². The highest BCUT2D eigenvalue weighted by atomic mass is 35.5. The number of hydrogen-bond donors (Lipinski definition) is 2. The fourth-order valence-electron chi connectivity index (χ4n) is 2.24. The van der Waals surface area contributed by atoms with Gasteiger partial charge in [-0.1, -0.05) is 0 Å². The smallest absolute Gasteiger partial charge is 0.243 e. The molecule has 2 fully saturated rings. The summed E-state index contributed by atoms with van der Waals surface area (Å²) in [5.74, 6) is 1.33. The third-order valence-corrected chi connectivity index (χ3v) is 4.24. The summed E-state index contributed by atoms with van der Waals surface area (Å²) in [6.07, 6.45) is 2.12. The van der Waals surface area contributed by atoms with Gasteiger partial charge in [0.15, 0.2) is 0 Å². The van der Waals surface area contributed by atoms with Crippen LogP contribution in [0.25, 0.3) is 0 Å². The Hall–Kier alpha value is -0.460. The summed E-state index contributed by atoms with van der Waals surface area (Å²) in [4.78, 5) is 25.1. The van der Waals surface area contributed by atoms with E-state index in [0.29, 0.717) is 11.6 Å². The van der Waals surface area contributed by atoms with Gasteiger partial charge in [0, 0.05) is 25.3 Å². The maximum Gasteiger partial charge on any atom is 0.243 e. The summed E-state index contributed by atoms with van der Waals surface area (Å²) in [6.45, 7) is 3.39. The largest absolute Gasteiger partial charge is 0.350 e. The Balaban J connectivity index is 0.00000162. The monoisotopic (exact) mass is 293 g/mol. The van der Waals surface area contributed by atoms with Crippen LogP contribution in [0.5, 0.6) is 0 Å². The first-order chi connectivity index (χ1) is 8.18. The number of piperidine rings is 1. The van der Waals surface area contributed by atoms with Crippen molar-refractivity contribution in [1.82, 2.24) is 15.5 Å². The fourth-order valence-corrected chi connectivity index (χ4v) is 3.46. The maximum absolute atomic E-state index is 12.1. The molecule has 0 aromatic heterocycles. The SMILES string of the molecule is CC(=O)N1CSCC1C(=O)N[C@H]1CCCNC1.Cl. The third kappa shape index (κ3) is 3.76. The van der Waals surface area contributed by atoms with Gasteiger partial charge in [0.1, 0.15) is 6.04 Å². The average molecular weight is 294 g/mol. The lowest BCUT2D eigenvalue weighted by molar-refractivity contribution is -0.136. The van der Waals surface area contributed by atoms with Gasteiger partial charge in [-0.05, 0) is 19.4 Å². The normalized spacial score (nSPS) is 27.5. The first-order valence-electron chi connectivity index (χ1n) is 6.04. The van der Waals surface area contributed by atoms with Crippen LogP contribution in [0.15, 0.2) is 0 Å². The summed E-state index contributed by atoms with van der Waals surface area (Å²) in [5.41, 5.74) is 0. The molecule has 0 aromatic rings. The van der Waals surface area contributed by atoms with Gasteiger partial charge in [-0.3, -0.25) is 9.59 Å². The van der Waals surface area contributed by atoms with Crippen molar-refractivity contribution in [2.24, 2.45) is 0 Å². The van der Waals surface area contributed by atoms with Crippen LogP contribution in [-0.4, -0.2) is 53.5 Å². The molecular formula is C11H20ClN3O2S. The van der Waals surface area contributed by atoms with Gasteiger partial charge < -0.3 is 15.5 Å².